The standard InChI is InChI=1S/C9H8FNO2/c1-13-9(12)3-2-7-4-5-11-6-8(7)10/h2-6H,1H3. The first-order valence-electron chi connectivity index (χ1n) is 3.59. The Kier molecular flexibility index (Phi) is 3.14. The van der Waals surface area contributed by atoms with E-state index < -0.39 is 11.8 Å². The molecule has 0 fully saturated rings. The maximum Gasteiger partial charge on any atom is 0.330 e. The van der Waals surface area contributed by atoms with Crippen LogP contribution in [0.2, 0.25) is 0 Å². The van der Waals surface area contributed by atoms with E-state index in [0.29, 0.717) is 5.56 Å². The molecular weight excluding hydrogens is 173 g/mol. The van der Waals surface area contributed by atoms with Crippen molar-refractivity contribution in [3.63, 3.8) is 0 Å². The molecular formula is C9H8FNO2. The number of rotatable bonds is 2. The summed E-state index contributed by atoms with van der Waals surface area (Å²) in [4.78, 5) is 14.2. The van der Waals surface area contributed by atoms with Crippen LogP contribution < -0.4 is 0 Å². The van der Waals surface area contributed by atoms with Gasteiger partial charge in [0.15, 0.2) is 0 Å². The van der Waals surface area contributed by atoms with Gasteiger partial charge < -0.3 is 4.74 Å². The van der Waals surface area contributed by atoms with Gasteiger partial charge in [0.05, 0.1) is 13.3 Å². The van der Waals surface area contributed by atoms with Crippen LogP contribution in [0.15, 0.2) is 24.5 Å². The molecule has 0 bridgehead atoms. The van der Waals surface area contributed by atoms with E-state index in [1.54, 1.807) is 0 Å². The van der Waals surface area contributed by atoms with Crippen LogP contribution in [-0.2, 0) is 9.53 Å². The zero-order chi connectivity index (χ0) is 9.68. The SMILES string of the molecule is COC(=O)C=Cc1ccncc1F. The quantitative estimate of drug-likeness (QED) is 0.511. The van der Waals surface area contributed by atoms with Crippen molar-refractivity contribution in [3.05, 3.63) is 35.9 Å². The molecule has 0 N–H and O–H groups in total. The van der Waals surface area contributed by atoms with Gasteiger partial charge in [-0.25, -0.2) is 9.18 Å². The van der Waals surface area contributed by atoms with Gasteiger partial charge in [-0.15, -0.1) is 0 Å². The number of carbonyl (C=O) groups is 1. The maximum absolute atomic E-state index is 12.9. The molecule has 0 amide bonds. The molecule has 0 atom stereocenters. The Morgan fingerprint density at radius 1 is 1.69 bits per heavy atom. The first-order chi connectivity index (χ1) is 6.24. The topological polar surface area (TPSA) is 39.2 Å². The number of ether oxygens (including phenoxy) is 1. The molecule has 0 spiro atoms. The Morgan fingerprint density at radius 3 is 3.08 bits per heavy atom. The van der Waals surface area contributed by atoms with Crippen molar-refractivity contribution in [2.45, 2.75) is 0 Å². The lowest BCUT2D eigenvalue weighted by atomic mass is 10.2. The Labute approximate surface area is 74.9 Å². The van der Waals surface area contributed by atoms with Gasteiger partial charge in [0.1, 0.15) is 5.82 Å². The molecule has 3 nitrogen and oxygen atoms in total. The van der Waals surface area contributed by atoms with Crippen molar-refractivity contribution in [1.29, 1.82) is 0 Å². The Morgan fingerprint density at radius 2 is 2.46 bits per heavy atom. The fraction of sp³-hybridized carbons (Fsp3) is 0.111. The number of hydrogen-bond donors (Lipinski definition) is 0. The van der Waals surface area contributed by atoms with Gasteiger partial charge in [-0.2, -0.15) is 0 Å². The fourth-order valence-corrected chi connectivity index (χ4v) is 0.747. The van der Waals surface area contributed by atoms with Crippen molar-refractivity contribution in [1.82, 2.24) is 4.98 Å². The summed E-state index contributed by atoms with van der Waals surface area (Å²) in [5, 5.41) is 0. The number of nitrogens with zero attached hydrogens (tertiary/aromatic N) is 1. The molecule has 1 rings (SSSR count). The lowest BCUT2D eigenvalue weighted by molar-refractivity contribution is -0.134. The second kappa shape index (κ2) is 4.35. The van der Waals surface area contributed by atoms with Crippen LogP contribution in [0.25, 0.3) is 6.08 Å². The molecule has 13 heavy (non-hydrogen) atoms. The van der Waals surface area contributed by atoms with Gasteiger partial charge in [-0.05, 0) is 12.1 Å². The Balaban J connectivity index is 2.80. The van der Waals surface area contributed by atoms with Crippen molar-refractivity contribution in [2.24, 2.45) is 0 Å². The first kappa shape index (κ1) is 9.38. The van der Waals surface area contributed by atoms with E-state index in [-0.39, 0.29) is 0 Å². The number of halogens is 1. The number of carbonyl (C=O) groups excluding carboxylic acids is 1. The first-order valence-corrected chi connectivity index (χ1v) is 3.59. The summed E-state index contributed by atoms with van der Waals surface area (Å²) in [6, 6.07) is 1.47. The zero-order valence-electron chi connectivity index (χ0n) is 7.03. The van der Waals surface area contributed by atoms with Gasteiger partial charge in [-0.3, -0.25) is 4.98 Å². The molecule has 0 aromatic carbocycles. The van der Waals surface area contributed by atoms with Gasteiger partial charge in [0.2, 0.25) is 0 Å². The van der Waals surface area contributed by atoms with Gasteiger partial charge in [0.25, 0.3) is 0 Å². The molecule has 0 saturated carbocycles. The molecule has 0 saturated heterocycles. The second-order valence-corrected chi connectivity index (χ2v) is 2.25. The fourth-order valence-electron chi connectivity index (χ4n) is 0.747. The van der Waals surface area contributed by atoms with Crippen LogP contribution >= 0.6 is 0 Å². The monoisotopic (exact) mass is 181 g/mol. The van der Waals surface area contributed by atoms with Crippen LogP contribution in [0.4, 0.5) is 4.39 Å². The highest BCUT2D eigenvalue weighted by Gasteiger charge is 1.97. The Bertz CT molecular complexity index is 336. The highest BCUT2D eigenvalue weighted by molar-refractivity contribution is 5.86. The van der Waals surface area contributed by atoms with Crippen molar-refractivity contribution in [2.75, 3.05) is 7.11 Å². The van der Waals surface area contributed by atoms with E-state index in [1.165, 1.54) is 25.4 Å². The summed E-state index contributed by atoms with van der Waals surface area (Å²) in [5.41, 5.74) is 0.306. The normalized spacial score (nSPS) is 10.3. The minimum Gasteiger partial charge on any atom is -0.466 e. The molecule has 4 heteroatoms. The predicted octanol–water partition coefficient (Wildman–Crippen LogP) is 1.41. The lowest BCUT2D eigenvalue weighted by Crippen LogP contribution is -1.93. The summed E-state index contributed by atoms with van der Waals surface area (Å²) >= 11 is 0. The van der Waals surface area contributed by atoms with E-state index in [2.05, 4.69) is 9.72 Å². The van der Waals surface area contributed by atoms with E-state index in [9.17, 15) is 9.18 Å². The number of esters is 1. The third-order valence-electron chi connectivity index (χ3n) is 1.40. The average Bonchev–Trinajstić information content (AvgIpc) is 2.16. The average molecular weight is 181 g/mol. The van der Waals surface area contributed by atoms with Crippen LogP contribution in [0.5, 0.6) is 0 Å². The molecule has 1 aromatic heterocycles. The molecule has 1 aromatic rings. The van der Waals surface area contributed by atoms with Crippen LogP contribution in [0, 0.1) is 5.82 Å². The minimum absolute atomic E-state index is 0.306. The largest absolute Gasteiger partial charge is 0.466 e. The molecule has 1 heterocycles. The van der Waals surface area contributed by atoms with Crippen molar-refractivity contribution in [3.8, 4) is 0 Å². The van der Waals surface area contributed by atoms with Crippen LogP contribution in [0.3, 0.4) is 0 Å². The zero-order valence-corrected chi connectivity index (χ0v) is 7.03. The van der Waals surface area contributed by atoms with Crippen molar-refractivity contribution >= 4 is 12.0 Å². The highest BCUT2D eigenvalue weighted by Crippen LogP contribution is 2.06. The van der Waals surface area contributed by atoms with Gasteiger partial charge >= 0.3 is 5.97 Å². The van der Waals surface area contributed by atoms with E-state index >= 15 is 0 Å². The third-order valence-corrected chi connectivity index (χ3v) is 1.40. The number of aromatic nitrogens is 1. The van der Waals surface area contributed by atoms with Gasteiger partial charge in [-0.1, -0.05) is 0 Å². The summed E-state index contributed by atoms with van der Waals surface area (Å²) in [6.07, 6.45) is 5.01. The van der Waals surface area contributed by atoms with Gasteiger partial charge in [0, 0.05) is 17.8 Å². The second-order valence-electron chi connectivity index (χ2n) is 2.25. The highest BCUT2D eigenvalue weighted by atomic mass is 19.1. The minimum atomic E-state index is -0.517. The molecule has 68 valence electrons. The molecule has 0 radical (unpaired) electrons. The van der Waals surface area contributed by atoms with E-state index in [0.717, 1.165) is 12.3 Å². The van der Waals surface area contributed by atoms with Crippen LogP contribution in [-0.4, -0.2) is 18.1 Å². The summed E-state index contributed by atoms with van der Waals surface area (Å²) in [6.45, 7) is 0. The number of methoxy groups -OCH3 is 1. The lowest BCUT2D eigenvalue weighted by Gasteiger charge is -1.93. The molecule has 0 aliphatic heterocycles. The molecule has 0 aliphatic carbocycles. The van der Waals surface area contributed by atoms with E-state index in [1.807, 2.05) is 0 Å². The third kappa shape index (κ3) is 2.66. The van der Waals surface area contributed by atoms with Crippen LogP contribution in [0.1, 0.15) is 5.56 Å². The summed E-state index contributed by atoms with van der Waals surface area (Å²) < 4.78 is 17.2. The number of hydrogen-bond acceptors (Lipinski definition) is 3. The molecule has 0 unspecified atom stereocenters. The predicted molar refractivity (Wildman–Crippen MR) is 45.2 cm³/mol. The Hall–Kier alpha value is -1.71. The number of pyridine rings is 1. The summed E-state index contributed by atoms with van der Waals surface area (Å²) in [5.74, 6) is -0.987. The van der Waals surface area contributed by atoms with Crippen molar-refractivity contribution < 1.29 is 13.9 Å². The maximum atomic E-state index is 12.9. The van der Waals surface area contributed by atoms with E-state index in [4.69, 9.17) is 0 Å². The molecule has 0 aliphatic rings. The smallest absolute Gasteiger partial charge is 0.330 e. The summed E-state index contributed by atoms with van der Waals surface area (Å²) in [7, 11) is 1.26.